The predicted molar refractivity (Wildman–Crippen MR) is 89.0 cm³/mol. The third kappa shape index (κ3) is 3.73. The van der Waals surface area contributed by atoms with Crippen molar-refractivity contribution in [2.24, 2.45) is 0 Å². The summed E-state index contributed by atoms with van der Waals surface area (Å²) < 4.78 is 48.9. The Balaban J connectivity index is 2.00. The topological polar surface area (TPSA) is 74.3 Å². The molecule has 7 nitrogen and oxygen atoms in total. The second kappa shape index (κ2) is 7.91. The van der Waals surface area contributed by atoms with Crippen molar-refractivity contribution in [1.82, 2.24) is 0 Å². The monoisotopic (exact) mass is 383 g/mol. The summed E-state index contributed by atoms with van der Waals surface area (Å²) in [6, 6.07) is 2.03. The molecule has 27 heavy (non-hydrogen) atoms. The third-order valence-electron chi connectivity index (χ3n) is 4.46. The van der Waals surface area contributed by atoms with Crippen LogP contribution >= 0.6 is 0 Å². The molecule has 0 saturated heterocycles. The number of methoxy groups -OCH3 is 2. The molecular formula is C18H19F2NO6. The Morgan fingerprint density at radius 1 is 1.11 bits per heavy atom. The fourth-order valence-electron chi connectivity index (χ4n) is 2.82. The third-order valence-corrected chi connectivity index (χ3v) is 4.46. The zero-order valence-electron chi connectivity index (χ0n) is 14.9. The molecular weight excluding hydrogens is 364 g/mol. The minimum Gasteiger partial charge on any atom is -0.484 e. The number of carbonyl (C=O) groups excluding carboxylic acids is 2. The van der Waals surface area contributed by atoms with Crippen LogP contribution in [0.2, 0.25) is 0 Å². The first-order valence-electron chi connectivity index (χ1n) is 8.37. The molecule has 0 bridgehead atoms. The van der Waals surface area contributed by atoms with Crippen LogP contribution in [0.4, 0.5) is 14.5 Å². The highest BCUT2D eigenvalue weighted by Gasteiger charge is 2.33. The highest BCUT2D eigenvalue weighted by atomic mass is 19.1. The highest BCUT2D eigenvalue weighted by Crippen LogP contribution is 2.34. The summed E-state index contributed by atoms with van der Waals surface area (Å²) in [6.45, 7) is -0.395. The van der Waals surface area contributed by atoms with Crippen molar-refractivity contribution >= 4 is 17.6 Å². The molecule has 0 atom stereocenters. The summed E-state index contributed by atoms with van der Waals surface area (Å²) in [4.78, 5) is 25.3. The van der Waals surface area contributed by atoms with Crippen LogP contribution in [0, 0.1) is 11.6 Å². The number of anilines is 1. The van der Waals surface area contributed by atoms with Crippen LogP contribution in [0.1, 0.15) is 19.3 Å². The van der Waals surface area contributed by atoms with E-state index < -0.39 is 29.3 Å². The van der Waals surface area contributed by atoms with Gasteiger partial charge >= 0.3 is 11.9 Å². The maximum absolute atomic E-state index is 14.5. The van der Waals surface area contributed by atoms with Gasteiger partial charge in [-0.25, -0.2) is 18.4 Å². The Bertz CT molecular complexity index is 767. The highest BCUT2D eigenvalue weighted by molar-refractivity contribution is 6.03. The number of halogens is 2. The number of hydrogen-bond donors (Lipinski definition) is 0. The van der Waals surface area contributed by atoms with Gasteiger partial charge in [0.1, 0.15) is 12.4 Å². The van der Waals surface area contributed by atoms with E-state index in [2.05, 4.69) is 4.74 Å². The Morgan fingerprint density at radius 3 is 2.26 bits per heavy atom. The molecule has 0 unspecified atom stereocenters. The first-order valence-corrected chi connectivity index (χ1v) is 8.37. The zero-order chi connectivity index (χ0) is 19.6. The number of ether oxygens (including phenoxy) is 4. The van der Waals surface area contributed by atoms with Gasteiger partial charge in [-0.05, 0) is 19.3 Å². The first-order chi connectivity index (χ1) is 13.0. The van der Waals surface area contributed by atoms with E-state index in [1.165, 1.54) is 0 Å². The molecule has 0 aromatic heterocycles. The van der Waals surface area contributed by atoms with E-state index in [4.69, 9.17) is 14.2 Å². The Kier molecular flexibility index (Phi) is 5.59. The molecule has 146 valence electrons. The Morgan fingerprint density at radius 2 is 1.74 bits per heavy atom. The normalized spacial score (nSPS) is 17.4. The average molecular weight is 383 g/mol. The van der Waals surface area contributed by atoms with Crippen LogP contribution in [-0.4, -0.2) is 45.6 Å². The van der Waals surface area contributed by atoms with E-state index in [9.17, 15) is 18.4 Å². The molecule has 3 rings (SSSR count). The lowest BCUT2D eigenvalue weighted by atomic mass is 9.96. The second-order valence-corrected chi connectivity index (χ2v) is 6.13. The van der Waals surface area contributed by atoms with E-state index in [1.807, 2.05) is 0 Å². The largest absolute Gasteiger partial charge is 0.484 e. The van der Waals surface area contributed by atoms with Crippen LogP contribution in [0.15, 0.2) is 23.4 Å². The summed E-state index contributed by atoms with van der Waals surface area (Å²) >= 11 is 0. The first kappa shape index (κ1) is 19.1. The fraction of sp³-hybridized carbons (Fsp3) is 0.444. The fourth-order valence-corrected chi connectivity index (χ4v) is 2.82. The Labute approximate surface area is 154 Å². The number of nitrogens with zero attached hydrogens (tertiary/aromatic N) is 1. The predicted octanol–water partition coefficient (Wildman–Crippen LogP) is 2.29. The van der Waals surface area contributed by atoms with Crippen LogP contribution in [0.25, 0.3) is 0 Å². The van der Waals surface area contributed by atoms with Crippen LogP contribution < -0.4 is 9.64 Å². The molecule has 2 aliphatic rings. The summed E-state index contributed by atoms with van der Waals surface area (Å²) in [6.07, 6.45) is 2.26. The van der Waals surface area contributed by atoms with E-state index in [0.29, 0.717) is 0 Å². The molecule has 9 heteroatoms. The maximum Gasteiger partial charge on any atom is 0.355 e. The van der Waals surface area contributed by atoms with Gasteiger partial charge < -0.3 is 23.8 Å². The van der Waals surface area contributed by atoms with Crippen molar-refractivity contribution in [3.05, 3.63) is 35.0 Å². The van der Waals surface area contributed by atoms with Crippen molar-refractivity contribution in [3.8, 4) is 5.75 Å². The number of rotatable bonds is 5. The van der Waals surface area contributed by atoms with Crippen molar-refractivity contribution in [1.29, 1.82) is 0 Å². The number of benzene rings is 1. The van der Waals surface area contributed by atoms with Gasteiger partial charge in [-0.15, -0.1) is 0 Å². The summed E-state index contributed by atoms with van der Waals surface area (Å²) in [7, 11) is 2.28. The van der Waals surface area contributed by atoms with Gasteiger partial charge in [0.25, 0.3) is 0 Å². The van der Waals surface area contributed by atoms with Gasteiger partial charge in [0.05, 0.1) is 32.5 Å². The number of esters is 2. The number of carbonyl (C=O) groups is 2. The van der Waals surface area contributed by atoms with Gasteiger partial charge in [-0.1, -0.05) is 0 Å². The maximum atomic E-state index is 14.5. The molecule has 1 aromatic carbocycles. The van der Waals surface area contributed by atoms with Crippen LogP contribution in [-0.2, 0) is 23.8 Å². The molecule has 1 heterocycles. The van der Waals surface area contributed by atoms with Gasteiger partial charge in [0.15, 0.2) is 17.4 Å². The van der Waals surface area contributed by atoms with E-state index in [-0.39, 0.29) is 36.4 Å². The van der Waals surface area contributed by atoms with E-state index >= 15 is 0 Å². The molecule has 1 aliphatic heterocycles. The van der Waals surface area contributed by atoms with E-state index in [1.54, 1.807) is 0 Å². The summed E-state index contributed by atoms with van der Waals surface area (Å²) in [5, 5.41) is 0. The molecule has 0 spiro atoms. The van der Waals surface area contributed by atoms with Crippen LogP contribution in [0.5, 0.6) is 5.75 Å². The van der Waals surface area contributed by atoms with Gasteiger partial charge in [-0.2, -0.15) is 0 Å². The quantitative estimate of drug-likeness (QED) is 0.722. The van der Waals surface area contributed by atoms with E-state index in [0.717, 1.165) is 50.5 Å². The minimum absolute atomic E-state index is 0.0209. The SMILES string of the molecule is COC(=O)C1=C(C(=O)OC)N(c2cc(F)c(OC3CCC3)c(F)c2)COC1. The number of hydrogen-bond acceptors (Lipinski definition) is 7. The minimum atomic E-state index is -0.911. The molecule has 1 saturated carbocycles. The molecule has 1 aliphatic carbocycles. The lowest BCUT2D eigenvalue weighted by Crippen LogP contribution is -2.39. The summed E-state index contributed by atoms with van der Waals surface area (Å²) in [5.74, 6) is -3.93. The molecule has 1 fully saturated rings. The second-order valence-electron chi connectivity index (χ2n) is 6.13. The lowest BCUT2D eigenvalue weighted by Gasteiger charge is -2.32. The van der Waals surface area contributed by atoms with Crippen molar-refractivity contribution in [2.75, 3.05) is 32.5 Å². The van der Waals surface area contributed by atoms with Gasteiger partial charge in [0.2, 0.25) is 0 Å². The molecule has 0 radical (unpaired) electrons. The average Bonchev–Trinajstić information content (AvgIpc) is 2.63. The molecule has 0 amide bonds. The Hall–Kier alpha value is -2.68. The van der Waals surface area contributed by atoms with Gasteiger partial charge in [0, 0.05) is 17.8 Å². The van der Waals surface area contributed by atoms with Crippen molar-refractivity contribution in [3.63, 3.8) is 0 Å². The molecule has 1 aromatic rings. The van der Waals surface area contributed by atoms with Crippen LogP contribution in [0.3, 0.4) is 0 Å². The lowest BCUT2D eigenvalue weighted by molar-refractivity contribution is -0.140. The van der Waals surface area contributed by atoms with Crippen molar-refractivity contribution in [2.45, 2.75) is 25.4 Å². The smallest absolute Gasteiger partial charge is 0.355 e. The summed E-state index contributed by atoms with van der Waals surface area (Å²) in [5.41, 5.74) is -0.319. The standard InChI is InChI=1S/C18H19F2NO6/c1-24-17(22)12-8-26-9-21(15(12)18(23)25-2)10-6-13(19)16(14(20)7-10)27-11-4-3-5-11/h6-7,11H,3-5,8-9H2,1-2H3. The van der Waals surface area contributed by atoms with Crippen molar-refractivity contribution < 1.29 is 37.3 Å². The molecule has 0 N–H and O–H groups in total. The zero-order valence-corrected chi connectivity index (χ0v) is 14.9. The van der Waals surface area contributed by atoms with Gasteiger partial charge in [-0.3, -0.25) is 0 Å².